The number of carboxylic acids is 1. The molecule has 10 heavy (non-hydrogen) atoms. The topological polar surface area (TPSA) is 37.3 Å². The van der Waals surface area contributed by atoms with E-state index in [1.165, 1.54) is 6.08 Å². The summed E-state index contributed by atoms with van der Waals surface area (Å²) in [7, 11) is 0. The first-order valence-electron chi connectivity index (χ1n) is 3.12. The molecule has 2 heteroatoms. The molecule has 0 saturated carbocycles. The third-order valence-electron chi connectivity index (χ3n) is 1.40. The van der Waals surface area contributed by atoms with Gasteiger partial charge in [0.2, 0.25) is 0 Å². The van der Waals surface area contributed by atoms with Gasteiger partial charge in [-0.25, -0.2) is 4.79 Å². The van der Waals surface area contributed by atoms with Crippen molar-refractivity contribution in [2.24, 2.45) is 0 Å². The van der Waals surface area contributed by atoms with Crippen molar-refractivity contribution in [3.8, 4) is 0 Å². The van der Waals surface area contributed by atoms with Crippen LogP contribution in [0.3, 0.4) is 0 Å². The molecule has 0 spiro atoms. The Kier molecular flexibility index (Phi) is 3.47. The molecular formula is C8H12O2. The highest BCUT2D eigenvalue weighted by atomic mass is 16.4. The number of rotatable bonds is 2. The molecule has 0 rings (SSSR count). The quantitative estimate of drug-likeness (QED) is 0.470. The van der Waals surface area contributed by atoms with Crippen molar-refractivity contribution in [3.63, 3.8) is 0 Å². The number of carboxylic acid groups (broad SMARTS) is 1. The van der Waals surface area contributed by atoms with E-state index in [0.717, 1.165) is 11.1 Å². The number of allylic oxidation sites excluding steroid dienone is 3. The van der Waals surface area contributed by atoms with E-state index >= 15 is 0 Å². The summed E-state index contributed by atoms with van der Waals surface area (Å²) >= 11 is 0. The van der Waals surface area contributed by atoms with Gasteiger partial charge in [-0.1, -0.05) is 11.6 Å². The molecule has 0 aliphatic carbocycles. The van der Waals surface area contributed by atoms with Crippen LogP contribution in [0, 0.1) is 0 Å². The Hall–Kier alpha value is -1.05. The highest BCUT2D eigenvalue weighted by Gasteiger charge is 1.93. The number of hydrogen-bond acceptors (Lipinski definition) is 1. The second kappa shape index (κ2) is 3.88. The number of carbonyl (C=O) groups is 1. The summed E-state index contributed by atoms with van der Waals surface area (Å²) in [4.78, 5) is 10.1. The molecule has 0 aromatic rings. The van der Waals surface area contributed by atoms with Crippen molar-refractivity contribution in [1.82, 2.24) is 0 Å². The van der Waals surface area contributed by atoms with Gasteiger partial charge in [-0.2, -0.15) is 0 Å². The minimum Gasteiger partial charge on any atom is -0.478 e. The number of aliphatic carboxylic acids is 1. The molecule has 56 valence electrons. The van der Waals surface area contributed by atoms with Crippen molar-refractivity contribution >= 4 is 5.97 Å². The molecule has 0 atom stereocenters. The molecule has 0 radical (unpaired) electrons. The standard InChI is InChI=1S/C8H12O2/c1-4-6(2)7(3)5-8(9)10/h4-5H,1-3H3,(H,9,10)/b6-4-,7-5-. The molecule has 2 nitrogen and oxygen atoms in total. The summed E-state index contributed by atoms with van der Waals surface area (Å²) < 4.78 is 0. The largest absolute Gasteiger partial charge is 0.478 e. The minimum atomic E-state index is -0.890. The zero-order valence-corrected chi connectivity index (χ0v) is 6.51. The van der Waals surface area contributed by atoms with Gasteiger partial charge in [-0.3, -0.25) is 0 Å². The highest BCUT2D eigenvalue weighted by Crippen LogP contribution is 2.06. The molecule has 0 aliphatic heterocycles. The molecule has 0 heterocycles. The Bertz CT molecular complexity index is 187. The van der Waals surface area contributed by atoms with Crippen LogP contribution in [0.15, 0.2) is 23.3 Å². The fourth-order valence-corrected chi connectivity index (χ4v) is 0.527. The smallest absolute Gasteiger partial charge is 0.328 e. The van der Waals surface area contributed by atoms with E-state index in [2.05, 4.69) is 0 Å². The first-order chi connectivity index (χ1) is 4.57. The van der Waals surface area contributed by atoms with Gasteiger partial charge in [0.1, 0.15) is 0 Å². The molecular weight excluding hydrogens is 128 g/mol. The fraction of sp³-hybridized carbons (Fsp3) is 0.375. The van der Waals surface area contributed by atoms with Crippen LogP contribution in [-0.4, -0.2) is 11.1 Å². The van der Waals surface area contributed by atoms with Crippen molar-refractivity contribution in [3.05, 3.63) is 23.3 Å². The first-order valence-corrected chi connectivity index (χ1v) is 3.12. The second-order valence-corrected chi connectivity index (χ2v) is 2.14. The van der Waals surface area contributed by atoms with Crippen LogP contribution in [-0.2, 0) is 4.79 Å². The molecule has 0 bridgehead atoms. The second-order valence-electron chi connectivity index (χ2n) is 2.14. The lowest BCUT2D eigenvalue weighted by Crippen LogP contribution is -1.90. The molecule has 0 fully saturated rings. The summed E-state index contributed by atoms with van der Waals surface area (Å²) in [5, 5.41) is 8.32. The zero-order chi connectivity index (χ0) is 8.15. The lowest BCUT2D eigenvalue weighted by Gasteiger charge is -1.96. The Morgan fingerprint density at radius 2 is 1.80 bits per heavy atom. The van der Waals surface area contributed by atoms with Crippen LogP contribution in [0.5, 0.6) is 0 Å². The summed E-state index contributed by atoms with van der Waals surface area (Å²) in [6, 6.07) is 0. The predicted molar refractivity (Wildman–Crippen MR) is 40.8 cm³/mol. The SMILES string of the molecule is C/C=C(C)\C(C)=C/C(=O)O. The molecule has 0 aromatic heterocycles. The summed E-state index contributed by atoms with van der Waals surface area (Å²) in [5.41, 5.74) is 1.80. The predicted octanol–water partition coefficient (Wildman–Crippen LogP) is 1.98. The van der Waals surface area contributed by atoms with E-state index in [0.29, 0.717) is 0 Å². The maximum absolute atomic E-state index is 10.1. The van der Waals surface area contributed by atoms with Crippen LogP contribution in [0.2, 0.25) is 0 Å². The van der Waals surface area contributed by atoms with Crippen molar-refractivity contribution < 1.29 is 9.90 Å². The van der Waals surface area contributed by atoms with E-state index < -0.39 is 5.97 Å². The van der Waals surface area contributed by atoms with Crippen LogP contribution >= 0.6 is 0 Å². The number of hydrogen-bond donors (Lipinski definition) is 1. The van der Waals surface area contributed by atoms with Crippen molar-refractivity contribution in [2.45, 2.75) is 20.8 Å². The van der Waals surface area contributed by atoms with Crippen LogP contribution in [0.1, 0.15) is 20.8 Å². The van der Waals surface area contributed by atoms with Crippen LogP contribution < -0.4 is 0 Å². The molecule has 0 aliphatic rings. The molecule has 0 amide bonds. The maximum Gasteiger partial charge on any atom is 0.328 e. The minimum absolute atomic E-state index is 0.801. The van der Waals surface area contributed by atoms with Gasteiger partial charge in [-0.05, 0) is 26.3 Å². The Balaban J connectivity index is 4.35. The fourth-order valence-electron chi connectivity index (χ4n) is 0.527. The van der Waals surface area contributed by atoms with E-state index in [1.54, 1.807) is 6.92 Å². The molecule has 0 saturated heterocycles. The van der Waals surface area contributed by atoms with Gasteiger partial charge >= 0.3 is 5.97 Å². The van der Waals surface area contributed by atoms with E-state index in [1.807, 2.05) is 19.9 Å². The summed E-state index contributed by atoms with van der Waals surface area (Å²) in [6.07, 6.45) is 3.09. The lowest BCUT2D eigenvalue weighted by molar-refractivity contribution is -0.131. The van der Waals surface area contributed by atoms with E-state index in [4.69, 9.17) is 5.11 Å². The third-order valence-corrected chi connectivity index (χ3v) is 1.40. The van der Waals surface area contributed by atoms with Gasteiger partial charge in [0, 0.05) is 6.08 Å². The molecule has 0 aromatic carbocycles. The highest BCUT2D eigenvalue weighted by molar-refractivity contribution is 5.81. The molecule has 0 unspecified atom stereocenters. The Morgan fingerprint density at radius 1 is 1.30 bits per heavy atom. The van der Waals surface area contributed by atoms with Gasteiger partial charge < -0.3 is 5.11 Å². The summed E-state index contributed by atoms with van der Waals surface area (Å²) in [5.74, 6) is -0.890. The first kappa shape index (κ1) is 8.95. The van der Waals surface area contributed by atoms with Gasteiger partial charge in [0.05, 0.1) is 0 Å². The Morgan fingerprint density at radius 3 is 2.10 bits per heavy atom. The average molecular weight is 140 g/mol. The van der Waals surface area contributed by atoms with Gasteiger partial charge in [-0.15, -0.1) is 0 Å². The van der Waals surface area contributed by atoms with Crippen molar-refractivity contribution in [1.29, 1.82) is 0 Å². The van der Waals surface area contributed by atoms with Crippen molar-refractivity contribution in [2.75, 3.05) is 0 Å². The molecule has 1 N–H and O–H groups in total. The normalized spacial score (nSPS) is 13.5. The van der Waals surface area contributed by atoms with Crippen LogP contribution in [0.4, 0.5) is 0 Å². The van der Waals surface area contributed by atoms with Gasteiger partial charge in [0.15, 0.2) is 0 Å². The average Bonchev–Trinajstić information content (AvgIpc) is 1.85. The van der Waals surface area contributed by atoms with E-state index in [-0.39, 0.29) is 0 Å². The summed E-state index contributed by atoms with van der Waals surface area (Å²) in [6.45, 7) is 5.55. The zero-order valence-electron chi connectivity index (χ0n) is 6.51. The Labute approximate surface area is 60.9 Å². The maximum atomic E-state index is 10.1. The van der Waals surface area contributed by atoms with Crippen LogP contribution in [0.25, 0.3) is 0 Å². The monoisotopic (exact) mass is 140 g/mol. The third kappa shape index (κ3) is 3.07. The van der Waals surface area contributed by atoms with E-state index in [9.17, 15) is 4.79 Å². The lowest BCUT2D eigenvalue weighted by atomic mass is 10.1. The van der Waals surface area contributed by atoms with Gasteiger partial charge in [0.25, 0.3) is 0 Å².